The van der Waals surface area contributed by atoms with Crippen LogP contribution < -0.4 is 23.8 Å². The summed E-state index contributed by atoms with van der Waals surface area (Å²) in [5.74, 6) is 0.000891. The molecule has 0 saturated carbocycles. The van der Waals surface area contributed by atoms with E-state index < -0.39 is 17.7 Å². The zero-order valence-electron chi connectivity index (χ0n) is 19.8. The van der Waals surface area contributed by atoms with Crippen LogP contribution >= 0.6 is 0 Å². The first-order valence-electron chi connectivity index (χ1n) is 10.5. The predicted octanol–water partition coefficient (Wildman–Crippen LogP) is 3.64. The number of aliphatic hydroxyl groups excluding tert-OH is 1. The van der Waals surface area contributed by atoms with E-state index in [0.29, 0.717) is 39.9 Å². The second kappa shape index (κ2) is 9.41. The van der Waals surface area contributed by atoms with E-state index in [0.717, 1.165) is 0 Å². The third-order valence-corrected chi connectivity index (χ3v) is 5.67. The summed E-state index contributed by atoms with van der Waals surface area (Å²) in [6.07, 6.45) is 0. The molecule has 3 aromatic rings. The minimum Gasteiger partial charge on any atom is -0.507 e. The van der Waals surface area contributed by atoms with Crippen LogP contribution in [-0.2, 0) is 9.59 Å². The Bertz CT molecular complexity index is 1280. The fourth-order valence-corrected chi connectivity index (χ4v) is 4.01. The number of aliphatic hydroxyl groups is 1. The summed E-state index contributed by atoms with van der Waals surface area (Å²) in [7, 11) is 5.89. The fraction of sp³-hybridized carbons (Fsp3) is 0.240. The van der Waals surface area contributed by atoms with Gasteiger partial charge in [-0.2, -0.15) is 0 Å². The van der Waals surface area contributed by atoms with Crippen molar-refractivity contribution in [3.05, 3.63) is 64.9 Å². The minimum absolute atomic E-state index is 0.122. The highest BCUT2D eigenvalue weighted by molar-refractivity contribution is 6.51. The van der Waals surface area contributed by atoms with Crippen molar-refractivity contribution >= 4 is 23.3 Å². The van der Waals surface area contributed by atoms with Crippen LogP contribution in [0.1, 0.15) is 22.9 Å². The third-order valence-electron chi connectivity index (χ3n) is 5.67. The molecular formula is C25H24N2O8. The number of ketones is 1. The maximum absolute atomic E-state index is 13.3. The van der Waals surface area contributed by atoms with Gasteiger partial charge in [-0.15, -0.1) is 0 Å². The van der Waals surface area contributed by atoms with Gasteiger partial charge in [-0.05, 0) is 48.9 Å². The second-order valence-corrected chi connectivity index (χ2v) is 7.65. The Morgan fingerprint density at radius 3 is 2.06 bits per heavy atom. The standard InChI is InChI=1S/C25H24N2O8/c1-13-10-19(26-35-13)27-21(15-11-17(32-3)24(34-5)18(12-15)33-4)20(23(29)25(27)30)22(28)14-6-8-16(31-2)9-7-14/h6-12,21,28H,1-5H3/t21-/m1/s1. The maximum atomic E-state index is 13.3. The predicted molar refractivity (Wildman–Crippen MR) is 125 cm³/mol. The molecule has 0 aliphatic carbocycles. The van der Waals surface area contributed by atoms with E-state index in [9.17, 15) is 14.7 Å². The molecule has 1 aromatic heterocycles. The average Bonchev–Trinajstić information content (AvgIpc) is 3.42. The Morgan fingerprint density at radius 2 is 1.57 bits per heavy atom. The van der Waals surface area contributed by atoms with Crippen LogP contribution in [0.25, 0.3) is 5.76 Å². The van der Waals surface area contributed by atoms with Gasteiger partial charge < -0.3 is 28.6 Å². The van der Waals surface area contributed by atoms with Crippen LogP contribution in [0.15, 0.2) is 52.6 Å². The summed E-state index contributed by atoms with van der Waals surface area (Å²) in [6.45, 7) is 1.67. The van der Waals surface area contributed by atoms with Crippen LogP contribution in [-0.4, -0.2) is 50.4 Å². The van der Waals surface area contributed by atoms with E-state index in [1.807, 2.05) is 0 Å². The van der Waals surface area contributed by atoms with Crippen molar-refractivity contribution in [2.45, 2.75) is 13.0 Å². The van der Waals surface area contributed by atoms with Crippen LogP contribution in [0.5, 0.6) is 23.0 Å². The number of methoxy groups -OCH3 is 4. The number of anilines is 1. The van der Waals surface area contributed by atoms with Crippen LogP contribution in [0.3, 0.4) is 0 Å². The van der Waals surface area contributed by atoms with E-state index in [1.54, 1.807) is 43.3 Å². The van der Waals surface area contributed by atoms with Gasteiger partial charge in [-0.25, -0.2) is 0 Å². The second-order valence-electron chi connectivity index (χ2n) is 7.65. The molecule has 0 unspecified atom stereocenters. The molecule has 4 rings (SSSR count). The molecule has 182 valence electrons. The molecule has 1 aliphatic heterocycles. The number of aromatic nitrogens is 1. The molecule has 1 atom stereocenters. The smallest absolute Gasteiger partial charge is 0.301 e. The summed E-state index contributed by atoms with van der Waals surface area (Å²) >= 11 is 0. The van der Waals surface area contributed by atoms with Crippen LogP contribution in [0.4, 0.5) is 5.82 Å². The van der Waals surface area contributed by atoms with Crippen molar-refractivity contribution in [1.82, 2.24) is 5.16 Å². The molecule has 1 saturated heterocycles. The minimum atomic E-state index is -1.06. The maximum Gasteiger partial charge on any atom is 0.301 e. The van der Waals surface area contributed by atoms with Crippen molar-refractivity contribution in [2.24, 2.45) is 0 Å². The normalized spacial score (nSPS) is 16.9. The lowest BCUT2D eigenvalue weighted by Crippen LogP contribution is -2.29. The highest BCUT2D eigenvalue weighted by Crippen LogP contribution is 2.47. The first-order valence-corrected chi connectivity index (χ1v) is 10.5. The molecule has 10 heteroatoms. The molecule has 10 nitrogen and oxygen atoms in total. The highest BCUT2D eigenvalue weighted by atomic mass is 16.5. The molecule has 35 heavy (non-hydrogen) atoms. The van der Waals surface area contributed by atoms with Crippen molar-refractivity contribution in [3.8, 4) is 23.0 Å². The molecule has 1 aliphatic rings. The first-order chi connectivity index (χ1) is 16.8. The van der Waals surface area contributed by atoms with Crippen LogP contribution in [0, 0.1) is 6.92 Å². The van der Waals surface area contributed by atoms with Gasteiger partial charge in [0.05, 0.1) is 40.1 Å². The number of ether oxygens (including phenoxy) is 4. The van der Waals surface area contributed by atoms with E-state index in [-0.39, 0.29) is 17.2 Å². The fourth-order valence-electron chi connectivity index (χ4n) is 4.01. The van der Waals surface area contributed by atoms with Gasteiger partial charge in [-0.1, -0.05) is 5.16 Å². The molecule has 1 N–H and O–H groups in total. The number of hydrogen-bond donors (Lipinski definition) is 1. The summed E-state index contributed by atoms with van der Waals surface area (Å²) < 4.78 is 26.7. The quantitative estimate of drug-likeness (QED) is 0.307. The Morgan fingerprint density at radius 1 is 0.943 bits per heavy atom. The molecule has 1 fully saturated rings. The van der Waals surface area contributed by atoms with E-state index in [4.69, 9.17) is 23.5 Å². The lowest BCUT2D eigenvalue weighted by molar-refractivity contribution is -0.132. The van der Waals surface area contributed by atoms with Crippen molar-refractivity contribution < 1.29 is 38.2 Å². The number of Topliss-reactive ketones (excluding diaryl/α,β-unsaturated/α-hetero) is 1. The number of rotatable bonds is 7. The number of aryl methyl sites for hydroxylation is 1. The zero-order valence-corrected chi connectivity index (χ0v) is 19.8. The number of hydrogen-bond acceptors (Lipinski definition) is 9. The number of nitrogens with zero attached hydrogens (tertiary/aromatic N) is 2. The molecule has 2 aromatic carbocycles. The number of amides is 1. The largest absolute Gasteiger partial charge is 0.507 e. The molecule has 0 bridgehead atoms. The molecule has 2 heterocycles. The Balaban J connectivity index is 1.98. The summed E-state index contributed by atoms with van der Waals surface area (Å²) in [4.78, 5) is 27.7. The van der Waals surface area contributed by atoms with E-state index >= 15 is 0 Å². The van der Waals surface area contributed by atoms with E-state index in [1.165, 1.54) is 39.4 Å². The number of carbonyl (C=O) groups is 2. The highest BCUT2D eigenvalue weighted by Gasteiger charge is 2.48. The van der Waals surface area contributed by atoms with Crippen molar-refractivity contribution in [1.29, 1.82) is 0 Å². The van der Waals surface area contributed by atoms with Crippen LogP contribution in [0.2, 0.25) is 0 Å². The van der Waals surface area contributed by atoms with Gasteiger partial charge in [0, 0.05) is 11.6 Å². The topological polar surface area (TPSA) is 121 Å². The zero-order chi connectivity index (χ0) is 25.3. The first kappa shape index (κ1) is 23.7. The van der Waals surface area contributed by atoms with Gasteiger partial charge in [0.2, 0.25) is 5.75 Å². The molecule has 1 amide bonds. The lowest BCUT2D eigenvalue weighted by atomic mass is 9.94. The Kier molecular flexibility index (Phi) is 6.37. The lowest BCUT2D eigenvalue weighted by Gasteiger charge is -2.24. The van der Waals surface area contributed by atoms with Gasteiger partial charge in [0.25, 0.3) is 5.78 Å². The van der Waals surface area contributed by atoms with Gasteiger partial charge in [-0.3, -0.25) is 14.5 Å². The van der Waals surface area contributed by atoms with E-state index in [2.05, 4.69) is 5.16 Å². The van der Waals surface area contributed by atoms with Crippen molar-refractivity contribution in [3.63, 3.8) is 0 Å². The SMILES string of the molecule is COc1ccc(C(O)=C2C(=O)C(=O)N(c3cc(C)on3)[C@@H]2c2cc(OC)c(OC)c(OC)c2)cc1. The van der Waals surface area contributed by atoms with Gasteiger partial charge in [0.1, 0.15) is 17.3 Å². The summed E-state index contributed by atoms with van der Waals surface area (Å²) in [5, 5.41) is 15.2. The summed E-state index contributed by atoms with van der Waals surface area (Å²) in [6, 6.07) is 10.2. The molecule has 0 radical (unpaired) electrons. The Hall–Kier alpha value is -4.47. The average molecular weight is 480 g/mol. The third kappa shape index (κ3) is 4.03. The number of carbonyl (C=O) groups excluding carboxylic acids is 2. The van der Waals surface area contributed by atoms with Gasteiger partial charge >= 0.3 is 5.91 Å². The molecular weight excluding hydrogens is 456 g/mol. The number of benzene rings is 2. The molecule has 0 spiro atoms. The van der Waals surface area contributed by atoms with Crippen molar-refractivity contribution in [2.75, 3.05) is 33.3 Å². The summed E-state index contributed by atoms with van der Waals surface area (Å²) in [5.41, 5.74) is 0.627. The monoisotopic (exact) mass is 480 g/mol. The Labute approximate surface area is 201 Å². The van der Waals surface area contributed by atoms with Gasteiger partial charge in [0.15, 0.2) is 17.3 Å².